The van der Waals surface area contributed by atoms with Crippen LogP contribution in [0.25, 0.3) is 0 Å². The molecule has 2 heterocycles. The highest BCUT2D eigenvalue weighted by atomic mass is 16.2. The molecule has 0 saturated carbocycles. The molecule has 2 rings (SSSR count). The van der Waals surface area contributed by atoms with E-state index in [0.717, 1.165) is 5.71 Å². The maximum absolute atomic E-state index is 11.5. The second-order valence-electron chi connectivity index (χ2n) is 4.37. The lowest BCUT2D eigenvalue weighted by atomic mass is 10.0. The Labute approximate surface area is 93.9 Å². The molecule has 6 nitrogen and oxygen atoms in total. The minimum Gasteiger partial charge on any atom is -0.341 e. The smallest absolute Gasteiger partial charge is 0.248 e. The number of rotatable bonds is 3. The van der Waals surface area contributed by atoms with E-state index in [1.807, 2.05) is 6.92 Å². The van der Waals surface area contributed by atoms with Gasteiger partial charge in [-0.2, -0.15) is 5.10 Å². The summed E-state index contributed by atoms with van der Waals surface area (Å²) >= 11 is 0. The molecule has 0 spiro atoms. The third-order valence-corrected chi connectivity index (χ3v) is 3.10. The summed E-state index contributed by atoms with van der Waals surface area (Å²) in [6.45, 7) is 3.00. The van der Waals surface area contributed by atoms with Crippen molar-refractivity contribution in [2.75, 3.05) is 13.1 Å². The Bertz CT molecular complexity index is 353. The van der Waals surface area contributed by atoms with Crippen LogP contribution in [0.3, 0.4) is 0 Å². The molecule has 3 N–H and O–H groups in total. The summed E-state index contributed by atoms with van der Waals surface area (Å²) in [6, 6.07) is -0.0559. The Morgan fingerprint density at radius 1 is 1.56 bits per heavy atom. The quantitative estimate of drug-likeness (QED) is 0.648. The third kappa shape index (κ3) is 2.06. The number of nitrogens with one attached hydrogen (secondary N) is 1. The number of carbonyl (C=O) groups excluding carboxylic acids is 2. The highest BCUT2D eigenvalue weighted by molar-refractivity contribution is 6.06. The van der Waals surface area contributed by atoms with Crippen LogP contribution in [0.4, 0.5) is 0 Å². The van der Waals surface area contributed by atoms with Crippen molar-refractivity contribution in [3.63, 3.8) is 0 Å². The van der Waals surface area contributed by atoms with Gasteiger partial charge in [-0.25, -0.2) is 5.43 Å². The molecule has 0 aliphatic carbocycles. The molecule has 1 fully saturated rings. The normalized spacial score (nSPS) is 29.6. The number of likely N-dealkylation sites (tertiary alicyclic amines) is 1. The Hall–Kier alpha value is -1.43. The molecular weight excluding hydrogens is 208 g/mol. The molecule has 2 unspecified atom stereocenters. The van der Waals surface area contributed by atoms with Crippen LogP contribution in [-0.4, -0.2) is 41.6 Å². The van der Waals surface area contributed by atoms with E-state index >= 15 is 0 Å². The van der Waals surface area contributed by atoms with Gasteiger partial charge in [0, 0.05) is 31.3 Å². The zero-order valence-corrected chi connectivity index (χ0v) is 9.27. The SMILES string of the molecule is CC1=NNC(=O)C1CCN1CC(N)CC1=O. The van der Waals surface area contributed by atoms with E-state index in [1.54, 1.807) is 4.90 Å². The first kappa shape index (κ1) is 11.1. The van der Waals surface area contributed by atoms with Crippen LogP contribution in [0.1, 0.15) is 19.8 Å². The molecule has 6 heteroatoms. The number of nitrogens with zero attached hydrogens (tertiary/aromatic N) is 2. The number of amides is 2. The second kappa shape index (κ2) is 4.21. The Morgan fingerprint density at radius 3 is 2.81 bits per heavy atom. The van der Waals surface area contributed by atoms with E-state index in [-0.39, 0.29) is 23.8 Å². The summed E-state index contributed by atoms with van der Waals surface area (Å²) in [6.07, 6.45) is 1.05. The lowest BCUT2D eigenvalue weighted by molar-refractivity contribution is -0.128. The van der Waals surface area contributed by atoms with Crippen LogP contribution in [0.15, 0.2) is 5.10 Å². The predicted octanol–water partition coefficient (Wildman–Crippen LogP) is -0.942. The number of hydrogen-bond acceptors (Lipinski definition) is 4. The molecule has 0 radical (unpaired) electrons. The molecule has 16 heavy (non-hydrogen) atoms. The van der Waals surface area contributed by atoms with Gasteiger partial charge in [-0.3, -0.25) is 9.59 Å². The first-order valence-corrected chi connectivity index (χ1v) is 5.45. The molecule has 0 aromatic heterocycles. The molecule has 2 atom stereocenters. The number of hydrazone groups is 1. The lowest BCUT2D eigenvalue weighted by Crippen LogP contribution is -2.32. The molecule has 1 saturated heterocycles. The third-order valence-electron chi connectivity index (χ3n) is 3.10. The molecule has 2 aliphatic heterocycles. The van der Waals surface area contributed by atoms with Gasteiger partial charge in [-0.15, -0.1) is 0 Å². The van der Waals surface area contributed by atoms with E-state index < -0.39 is 0 Å². The predicted molar refractivity (Wildman–Crippen MR) is 58.5 cm³/mol. The summed E-state index contributed by atoms with van der Waals surface area (Å²) in [5, 5.41) is 3.87. The fourth-order valence-electron chi connectivity index (χ4n) is 2.13. The van der Waals surface area contributed by atoms with E-state index in [0.29, 0.717) is 25.9 Å². The molecule has 88 valence electrons. The van der Waals surface area contributed by atoms with Crippen molar-refractivity contribution in [2.24, 2.45) is 16.8 Å². The van der Waals surface area contributed by atoms with Crippen molar-refractivity contribution < 1.29 is 9.59 Å². The van der Waals surface area contributed by atoms with E-state index in [4.69, 9.17) is 5.73 Å². The topological polar surface area (TPSA) is 87.8 Å². The van der Waals surface area contributed by atoms with Crippen molar-refractivity contribution in [3.8, 4) is 0 Å². The first-order valence-electron chi connectivity index (χ1n) is 5.45. The van der Waals surface area contributed by atoms with E-state index in [9.17, 15) is 9.59 Å². The highest BCUT2D eigenvalue weighted by Gasteiger charge is 2.31. The summed E-state index contributed by atoms with van der Waals surface area (Å²) in [5.41, 5.74) is 8.92. The van der Waals surface area contributed by atoms with Crippen LogP contribution in [0.2, 0.25) is 0 Å². The lowest BCUT2D eigenvalue weighted by Gasteiger charge is -2.17. The minimum atomic E-state index is -0.190. The minimum absolute atomic E-state index is 0.0559. The first-order chi connectivity index (χ1) is 7.58. The average molecular weight is 224 g/mol. The van der Waals surface area contributed by atoms with Gasteiger partial charge in [0.2, 0.25) is 11.8 Å². The van der Waals surface area contributed by atoms with E-state index in [2.05, 4.69) is 10.5 Å². The molecule has 0 aromatic carbocycles. The van der Waals surface area contributed by atoms with Crippen molar-refractivity contribution in [3.05, 3.63) is 0 Å². The van der Waals surface area contributed by atoms with Crippen molar-refractivity contribution in [1.29, 1.82) is 0 Å². The Morgan fingerprint density at radius 2 is 2.31 bits per heavy atom. The van der Waals surface area contributed by atoms with Crippen LogP contribution >= 0.6 is 0 Å². The molecule has 2 aliphatic rings. The van der Waals surface area contributed by atoms with Crippen molar-refractivity contribution >= 4 is 17.5 Å². The van der Waals surface area contributed by atoms with Crippen molar-refractivity contribution in [1.82, 2.24) is 10.3 Å². The van der Waals surface area contributed by atoms with Gasteiger partial charge in [0.1, 0.15) is 0 Å². The highest BCUT2D eigenvalue weighted by Crippen LogP contribution is 2.15. The van der Waals surface area contributed by atoms with Gasteiger partial charge in [0.25, 0.3) is 0 Å². The van der Waals surface area contributed by atoms with Crippen molar-refractivity contribution in [2.45, 2.75) is 25.8 Å². The van der Waals surface area contributed by atoms with Gasteiger partial charge in [0.15, 0.2) is 0 Å². The summed E-state index contributed by atoms with van der Waals surface area (Å²) in [7, 11) is 0. The maximum atomic E-state index is 11.5. The molecule has 0 aromatic rings. The summed E-state index contributed by atoms with van der Waals surface area (Å²) in [4.78, 5) is 24.6. The van der Waals surface area contributed by atoms with Gasteiger partial charge in [-0.05, 0) is 13.3 Å². The maximum Gasteiger partial charge on any atom is 0.248 e. The van der Waals surface area contributed by atoms with Crippen LogP contribution in [0.5, 0.6) is 0 Å². The zero-order valence-electron chi connectivity index (χ0n) is 9.27. The number of hydrogen-bond donors (Lipinski definition) is 2. The Balaban J connectivity index is 1.86. The largest absolute Gasteiger partial charge is 0.341 e. The number of nitrogens with two attached hydrogens (primary N) is 1. The van der Waals surface area contributed by atoms with Gasteiger partial charge in [-0.1, -0.05) is 0 Å². The second-order valence-corrected chi connectivity index (χ2v) is 4.37. The fourth-order valence-corrected chi connectivity index (χ4v) is 2.13. The molecule has 0 bridgehead atoms. The van der Waals surface area contributed by atoms with Crippen LogP contribution in [0, 0.1) is 5.92 Å². The molecule has 2 amide bonds. The van der Waals surface area contributed by atoms with Crippen LogP contribution < -0.4 is 11.2 Å². The van der Waals surface area contributed by atoms with Gasteiger partial charge >= 0.3 is 0 Å². The zero-order chi connectivity index (χ0) is 11.7. The fraction of sp³-hybridized carbons (Fsp3) is 0.700. The van der Waals surface area contributed by atoms with E-state index in [1.165, 1.54) is 0 Å². The van der Waals surface area contributed by atoms with Gasteiger partial charge in [0.05, 0.1) is 5.92 Å². The Kier molecular flexibility index (Phi) is 2.91. The van der Waals surface area contributed by atoms with Crippen LogP contribution in [-0.2, 0) is 9.59 Å². The number of carbonyl (C=O) groups is 2. The monoisotopic (exact) mass is 224 g/mol. The van der Waals surface area contributed by atoms with Gasteiger partial charge < -0.3 is 10.6 Å². The summed E-state index contributed by atoms with van der Waals surface area (Å²) < 4.78 is 0. The summed E-state index contributed by atoms with van der Waals surface area (Å²) in [5.74, 6) is -0.182. The average Bonchev–Trinajstić information content (AvgIpc) is 2.69. The standard InChI is InChI=1S/C10H16N4O2/c1-6-8(10(16)13-12-6)2-3-14-5-7(11)4-9(14)15/h7-8H,2-5,11H2,1H3,(H,13,16). The molecular formula is C10H16N4O2.